The molecule has 0 aliphatic heterocycles. The average Bonchev–Trinajstić information content (AvgIpc) is 2.29. The van der Waals surface area contributed by atoms with Crippen LogP contribution in [0.5, 0.6) is 5.75 Å². The second-order valence-corrected chi connectivity index (χ2v) is 3.49. The third-order valence-electron chi connectivity index (χ3n) is 1.90. The van der Waals surface area contributed by atoms with Crippen LogP contribution in [0.4, 0.5) is 0 Å². The fourth-order valence-electron chi connectivity index (χ4n) is 0.995. The first-order valence-electron chi connectivity index (χ1n) is 5.29. The Labute approximate surface area is 108 Å². The number of carboxylic acids is 3. The zero-order valence-electron chi connectivity index (χ0n) is 9.94. The van der Waals surface area contributed by atoms with Crippen molar-refractivity contribution < 1.29 is 34.8 Å². The number of aliphatic carboxylic acids is 2. The maximum Gasteiger partial charge on any atom is 0.335 e. The van der Waals surface area contributed by atoms with E-state index in [9.17, 15) is 14.4 Å². The number of carbonyl (C=O) groups is 3. The van der Waals surface area contributed by atoms with Crippen LogP contribution in [0.15, 0.2) is 24.3 Å². The Kier molecular flexibility index (Phi) is 7.36. The lowest BCUT2D eigenvalue weighted by Crippen LogP contribution is -1.98. The summed E-state index contributed by atoms with van der Waals surface area (Å²) in [5, 5.41) is 33.2. The van der Waals surface area contributed by atoms with Gasteiger partial charge in [-0.3, -0.25) is 9.59 Å². The van der Waals surface area contributed by atoms with Crippen molar-refractivity contribution in [2.24, 2.45) is 0 Å². The fraction of sp³-hybridized carbons (Fsp3) is 0.250. The Balaban J connectivity index is 0.000000344. The van der Waals surface area contributed by atoms with Crippen molar-refractivity contribution in [1.82, 2.24) is 0 Å². The van der Waals surface area contributed by atoms with E-state index in [0.717, 1.165) is 0 Å². The number of hydrogen-bond acceptors (Lipinski definition) is 4. The van der Waals surface area contributed by atoms with Crippen LogP contribution >= 0.6 is 0 Å². The monoisotopic (exact) mass is 270 g/mol. The third kappa shape index (κ3) is 9.16. The second-order valence-electron chi connectivity index (χ2n) is 3.49. The molecule has 0 aliphatic rings. The van der Waals surface area contributed by atoms with Crippen LogP contribution in [-0.4, -0.2) is 38.3 Å². The Bertz CT molecular complexity index is 422. The molecule has 0 saturated carbocycles. The maximum atomic E-state index is 10.2. The van der Waals surface area contributed by atoms with Gasteiger partial charge in [0.25, 0.3) is 0 Å². The Morgan fingerprint density at radius 2 is 1.26 bits per heavy atom. The van der Waals surface area contributed by atoms with E-state index in [0.29, 0.717) is 0 Å². The predicted molar refractivity (Wildman–Crippen MR) is 64.2 cm³/mol. The molecular weight excluding hydrogens is 256 g/mol. The fourth-order valence-corrected chi connectivity index (χ4v) is 0.995. The zero-order chi connectivity index (χ0) is 14.8. The van der Waals surface area contributed by atoms with Gasteiger partial charge in [-0.15, -0.1) is 0 Å². The Morgan fingerprint density at radius 1 is 0.842 bits per heavy atom. The SMILES string of the molecule is O=C(O)CCCC(=O)O.O=C(O)c1ccc(O)cc1. The molecule has 7 nitrogen and oxygen atoms in total. The number of aromatic hydroxyl groups is 1. The molecule has 0 bridgehead atoms. The second kappa shape index (κ2) is 8.51. The lowest BCUT2D eigenvalue weighted by molar-refractivity contribution is -0.138. The first-order valence-corrected chi connectivity index (χ1v) is 5.29. The van der Waals surface area contributed by atoms with Crippen LogP contribution in [0.3, 0.4) is 0 Å². The number of benzene rings is 1. The molecule has 0 unspecified atom stereocenters. The largest absolute Gasteiger partial charge is 0.508 e. The standard InChI is InChI=1S/C7H6O3.C5H8O4/c8-6-3-1-5(2-4-6)7(9)10;6-4(7)2-1-3-5(8)9/h1-4,8H,(H,9,10);1-3H2,(H,6,7)(H,8,9). The molecule has 1 rings (SSSR count). The van der Waals surface area contributed by atoms with Gasteiger partial charge in [0.05, 0.1) is 5.56 Å². The summed E-state index contributed by atoms with van der Waals surface area (Å²) in [5.74, 6) is -2.81. The molecule has 7 heteroatoms. The summed E-state index contributed by atoms with van der Waals surface area (Å²) in [5.41, 5.74) is 0.179. The summed E-state index contributed by atoms with van der Waals surface area (Å²) in [4.78, 5) is 29.8. The van der Waals surface area contributed by atoms with Gasteiger partial charge in [0.15, 0.2) is 0 Å². The van der Waals surface area contributed by atoms with Crippen molar-refractivity contribution in [1.29, 1.82) is 0 Å². The molecule has 1 aromatic rings. The highest BCUT2D eigenvalue weighted by Gasteiger charge is 2.00. The molecule has 0 amide bonds. The van der Waals surface area contributed by atoms with Crippen molar-refractivity contribution in [2.45, 2.75) is 19.3 Å². The smallest absolute Gasteiger partial charge is 0.335 e. The van der Waals surface area contributed by atoms with Gasteiger partial charge < -0.3 is 20.4 Å². The summed E-state index contributed by atoms with van der Waals surface area (Å²) in [7, 11) is 0. The average molecular weight is 270 g/mol. The minimum atomic E-state index is -0.986. The normalized spacial score (nSPS) is 9.05. The molecule has 4 N–H and O–H groups in total. The summed E-state index contributed by atoms with van der Waals surface area (Å²) >= 11 is 0. The van der Waals surface area contributed by atoms with Gasteiger partial charge in [-0.05, 0) is 30.7 Å². The zero-order valence-corrected chi connectivity index (χ0v) is 9.94. The number of phenols is 1. The first-order chi connectivity index (χ1) is 8.82. The van der Waals surface area contributed by atoms with E-state index in [1.165, 1.54) is 24.3 Å². The molecular formula is C12H14O7. The summed E-state index contributed by atoms with van der Waals surface area (Å²) < 4.78 is 0. The van der Waals surface area contributed by atoms with Gasteiger partial charge in [0.2, 0.25) is 0 Å². The van der Waals surface area contributed by atoms with Gasteiger partial charge in [0, 0.05) is 12.8 Å². The number of carboxylic acid groups (broad SMARTS) is 3. The van der Waals surface area contributed by atoms with Gasteiger partial charge >= 0.3 is 17.9 Å². The van der Waals surface area contributed by atoms with Crippen molar-refractivity contribution >= 4 is 17.9 Å². The Morgan fingerprint density at radius 3 is 1.58 bits per heavy atom. The highest BCUT2D eigenvalue weighted by atomic mass is 16.4. The quantitative estimate of drug-likeness (QED) is 0.635. The molecule has 0 radical (unpaired) electrons. The summed E-state index contributed by atoms with van der Waals surface area (Å²) in [6.07, 6.45) is 0.0866. The number of hydrogen-bond donors (Lipinski definition) is 4. The molecule has 0 aliphatic carbocycles. The van der Waals surface area contributed by atoms with Crippen LogP contribution in [0, 0.1) is 0 Å². The van der Waals surface area contributed by atoms with Gasteiger partial charge in [-0.25, -0.2) is 4.79 Å². The van der Waals surface area contributed by atoms with Crippen LogP contribution in [-0.2, 0) is 9.59 Å². The lowest BCUT2D eigenvalue weighted by atomic mass is 10.2. The minimum Gasteiger partial charge on any atom is -0.508 e. The van der Waals surface area contributed by atoms with E-state index in [2.05, 4.69) is 0 Å². The maximum absolute atomic E-state index is 10.2. The third-order valence-corrected chi connectivity index (χ3v) is 1.90. The number of phenolic OH excluding ortho intramolecular Hbond substituents is 1. The lowest BCUT2D eigenvalue weighted by Gasteiger charge is -1.92. The highest BCUT2D eigenvalue weighted by Crippen LogP contribution is 2.08. The van der Waals surface area contributed by atoms with Crippen molar-refractivity contribution in [2.75, 3.05) is 0 Å². The number of aromatic carboxylic acids is 1. The van der Waals surface area contributed by atoms with Crippen LogP contribution in [0.25, 0.3) is 0 Å². The van der Waals surface area contributed by atoms with E-state index in [1.54, 1.807) is 0 Å². The molecule has 0 heterocycles. The van der Waals surface area contributed by atoms with Crippen molar-refractivity contribution in [3.8, 4) is 5.75 Å². The first kappa shape index (κ1) is 16.4. The predicted octanol–water partition coefficient (Wildman–Crippen LogP) is 1.42. The summed E-state index contributed by atoms with van der Waals surface area (Å²) in [6, 6.07) is 5.36. The Hall–Kier alpha value is -2.57. The van der Waals surface area contributed by atoms with Gasteiger partial charge in [-0.1, -0.05) is 0 Å². The molecule has 104 valence electrons. The van der Waals surface area contributed by atoms with E-state index in [1.807, 2.05) is 0 Å². The van der Waals surface area contributed by atoms with E-state index in [4.69, 9.17) is 20.4 Å². The summed E-state index contributed by atoms with van der Waals surface area (Å²) in [6.45, 7) is 0. The molecule has 19 heavy (non-hydrogen) atoms. The molecule has 0 saturated heterocycles. The highest BCUT2D eigenvalue weighted by molar-refractivity contribution is 5.87. The van der Waals surface area contributed by atoms with Crippen molar-refractivity contribution in [3.05, 3.63) is 29.8 Å². The molecule has 1 aromatic carbocycles. The van der Waals surface area contributed by atoms with Crippen LogP contribution in [0.2, 0.25) is 0 Å². The minimum absolute atomic E-state index is 0.0632. The topological polar surface area (TPSA) is 132 Å². The van der Waals surface area contributed by atoms with Gasteiger partial charge in [0.1, 0.15) is 5.75 Å². The van der Waals surface area contributed by atoms with E-state index >= 15 is 0 Å². The van der Waals surface area contributed by atoms with E-state index in [-0.39, 0.29) is 30.6 Å². The van der Waals surface area contributed by atoms with Crippen LogP contribution < -0.4 is 0 Å². The molecule has 0 atom stereocenters. The van der Waals surface area contributed by atoms with Gasteiger partial charge in [-0.2, -0.15) is 0 Å². The molecule has 0 aromatic heterocycles. The molecule has 0 fully saturated rings. The van der Waals surface area contributed by atoms with Crippen LogP contribution in [0.1, 0.15) is 29.6 Å². The van der Waals surface area contributed by atoms with Crippen molar-refractivity contribution in [3.63, 3.8) is 0 Å². The molecule has 0 spiro atoms. The number of rotatable bonds is 5. The van der Waals surface area contributed by atoms with E-state index < -0.39 is 17.9 Å².